The van der Waals surface area contributed by atoms with Gasteiger partial charge in [0.25, 0.3) is 0 Å². The van der Waals surface area contributed by atoms with Gasteiger partial charge < -0.3 is 0 Å². The van der Waals surface area contributed by atoms with Gasteiger partial charge in [-0.25, -0.2) is 4.39 Å². The van der Waals surface area contributed by atoms with E-state index in [-0.39, 0.29) is 16.9 Å². The lowest BCUT2D eigenvalue weighted by Gasteiger charge is -2.44. The Balaban J connectivity index is 1.53. The van der Waals surface area contributed by atoms with E-state index in [2.05, 4.69) is 4.90 Å². The number of nitrogens with zero attached hydrogens (tertiary/aromatic N) is 2. The van der Waals surface area contributed by atoms with Gasteiger partial charge in [-0.2, -0.15) is 0 Å². The predicted molar refractivity (Wildman–Crippen MR) is 131 cm³/mol. The van der Waals surface area contributed by atoms with Crippen molar-refractivity contribution in [2.75, 3.05) is 26.2 Å². The van der Waals surface area contributed by atoms with Crippen LogP contribution in [0, 0.1) is 19.7 Å². The molecule has 174 valence electrons. The topological polar surface area (TPSA) is 40.6 Å². The number of benzene rings is 3. The standard InChI is InChI=1S/C28H26ClFN2O2/c1-18-14-19(2)16-21(15-18)28(26(33)22-7-5-9-24(30)25(22)27(28)34)32-12-10-31(11-13-32)17-20-6-3-4-8-23(20)29/h3-9,14-16H,10-13,17H2,1-2H3. The summed E-state index contributed by atoms with van der Waals surface area (Å²) in [5, 5.41) is 0.726. The first-order valence-electron chi connectivity index (χ1n) is 11.5. The summed E-state index contributed by atoms with van der Waals surface area (Å²) in [5.74, 6) is -1.44. The summed E-state index contributed by atoms with van der Waals surface area (Å²) in [6.07, 6.45) is 0. The number of hydrogen-bond acceptors (Lipinski definition) is 4. The van der Waals surface area contributed by atoms with Crippen LogP contribution in [0.5, 0.6) is 0 Å². The minimum absolute atomic E-state index is 0.0924. The minimum Gasteiger partial charge on any atom is -0.296 e. The summed E-state index contributed by atoms with van der Waals surface area (Å²) in [6, 6.07) is 17.9. The summed E-state index contributed by atoms with van der Waals surface area (Å²) in [6.45, 7) is 6.93. The first-order chi connectivity index (χ1) is 16.3. The first-order valence-corrected chi connectivity index (χ1v) is 11.9. The van der Waals surface area contributed by atoms with Crippen molar-refractivity contribution in [3.05, 3.63) is 105 Å². The molecule has 2 aliphatic rings. The normalized spacial score (nSPS) is 21.2. The second kappa shape index (κ2) is 8.73. The second-order valence-corrected chi connectivity index (χ2v) is 9.67. The minimum atomic E-state index is -1.54. The molecule has 5 rings (SSSR count). The van der Waals surface area contributed by atoms with Crippen molar-refractivity contribution in [2.24, 2.45) is 0 Å². The third-order valence-electron chi connectivity index (χ3n) is 6.98. The second-order valence-electron chi connectivity index (χ2n) is 9.26. The molecule has 0 saturated carbocycles. The molecule has 1 atom stereocenters. The van der Waals surface area contributed by atoms with Crippen LogP contribution in [0.1, 0.15) is 43.0 Å². The number of piperazine rings is 1. The van der Waals surface area contributed by atoms with E-state index in [0.29, 0.717) is 38.3 Å². The maximum Gasteiger partial charge on any atom is 0.199 e. The molecule has 34 heavy (non-hydrogen) atoms. The van der Waals surface area contributed by atoms with E-state index in [1.165, 1.54) is 12.1 Å². The Morgan fingerprint density at radius 3 is 2.21 bits per heavy atom. The molecule has 1 aliphatic carbocycles. The van der Waals surface area contributed by atoms with Gasteiger partial charge in [-0.15, -0.1) is 0 Å². The number of carbonyl (C=O) groups is 2. The third kappa shape index (κ3) is 3.59. The zero-order valence-electron chi connectivity index (χ0n) is 19.3. The molecule has 4 nitrogen and oxygen atoms in total. The molecule has 1 unspecified atom stereocenters. The lowest BCUT2D eigenvalue weighted by atomic mass is 9.81. The lowest BCUT2D eigenvalue weighted by molar-refractivity contribution is 0.0278. The van der Waals surface area contributed by atoms with Gasteiger partial charge in [0.05, 0.1) is 5.56 Å². The molecule has 0 amide bonds. The Kier molecular flexibility index (Phi) is 5.88. The first kappa shape index (κ1) is 22.9. The molecule has 0 radical (unpaired) electrons. The van der Waals surface area contributed by atoms with E-state index >= 15 is 0 Å². The number of fused-ring (bicyclic) bond motifs is 1. The molecule has 6 heteroatoms. The van der Waals surface area contributed by atoms with Crippen molar-refractivity contribution in [2.45, 2.75) is 25.9 Å². The van der Waals surface area contributed by atoms with E-state index in [4.69, 9.17) is 11.6 Å². The molecule has 0 spiro atoms. The highest BCUT2D eigenvalue weighted by Gasteiger charge is 2.59. The maximum absolute atomic E-state index is 14.8. The van der Waals surface area contributed by atoms with Crippen molar-refractivity contribution < 1.29 is 14.0 Å². The van der Waals surface area contributed by atoms with Gasteiger partial charge in [-0.1, -0.05) is 71.3 Å². The van der Waals surface area contributed by atoms with Crippen LogP contribution in [0.3, 0.4) is 0 Å². The van der Waals surface area contributed by atoms with E-state index < -0.39 is 17.1 Å². The van der Waals surface area contributed by atoms with Crippen LogP contribution in [0.2, 0.25) is 5.02 Å². The molecule has 1 saturated heterocycles. The molecule has 3 aromatic rings. The van der Waals surface area contributed by atoms with Crippen LogP contribution in [0.25, 0.3) is 0 Å². The molecule has 0 N–H and O–H groups in total. The average Bonchev–Trinajstić information content (AvgIpc) is 3.04. The van der Waals surface area contributed by atoms with Crippen molar-refractivity contribution >= 4 is 23.2 Å². The van der Waals surface area contributed by atoms with Crippen molar-refractivity contribution in [3.63, 3.8) is 0 Å². The van der Waals surface area contributed by atoms with Crippen molar-refractivity contribution in [1.82, 2.24) is 9.80 Å². The highest BCUT2D eigenvalue weighted by molar-refractivity contribution is 6.33. The molecule has 1 heterocycles. The monoisotopic (exact) mass is 476 g/mol. The fourth-order valence-corrected chi connectivity index (χ4v) is 5.64. The molecular weight excluding hydrogens is 451 g/mol. The van der Waals surface area contributed by atoms with E-state index in [1.54, 1.807) is 6.07 Å². The summed E-state index contributed by atoms with van der Waals surface area (Å²) >= 11 is 6.35. The molecule has 3 aromatic carbocycles. The van der Waals surface area contributed by atoms with Gasteiger partial charge in [0, 0.05) is 43.3 Å². The summed E-state index contributed by atoms with van der Waals surface area (Å²) < 4.78 is 14.8. The van der Waals surface area contributed by atoms with Crippen LogP contribution in [0.4, 0.5) is 4.39 Å². The van der Waals surface area contributed by atoms with Crippen LogP contribution in [-0.4, -0.2) is 47.5 Å². The van der Waals surface area contributed by atoms with Crippen LogP contribution in [0.15, 0.2) is 60.7 Å². The fraction of sp³-hybridized carbons (Fsp3) is 0.286. The molecule has 1 fully saturated rings. The van der Waals surface area contributed by atoms with Gasteiger partial charge in [0.2, 0.25) is 0 Å². The van der Waals surface area contributed by atoms with Crippen LogP contribution < -0.4 is 0 Å². The Bertz CT molecular complexity index is 1280. The summed E-state index contributed by atoms with van der Waals surface area (Å²) in [4.78, 5) is 32.1. The van der Waals surface area contributed by atoms with Crippen molar-refractivity contribution in [1.29, 1.82) is 0 Å². The van der Waals surface area contributed by atoms with Gasteiger partial charge >= 0.3 is 0 Å². The SMILES string of the molecule is Cc1cc(C)cc(C2(N3CCN(Cc4ccccc4Cl)CC3)C(=O)c3cccc(F)c3C2=O)c1. The molecule has 0 aromatic heterocycles. The zero-order chi connectivity index (χ0) is 24.0. The summed E-state index contributed by atoms with van der Waals surface area (Å²) in [7, 11) is 0. The summed E-state index contributed by atoms with van der Waals surface area (Å²) in [5.41, 5.74) is 2.12. The number of hydrogen-bond donors (Lipinski definition) is 0. The van der Waals surface area contributed by atoms with E-state index in [9.17, 15) is 14.0 Å². The van der Waals surface area contributed by atoms with Crippen LogP contribution in [-0.2, 0) is 12.1 Å². The fourth-order valence-electron chi connectivity index (χ4n) is 5.45. The molecule has 0 bridgehead atoms. The van der Waals surface area contributed by atoms with Gasteiger partial charge in [0.15, 0.2) is 17.1 Å². The van der Waals surface area contributed by atoms with Crippen molar-refractivity contribution in [3.8, 4) is 0 Å². The number of carbonyl (C=O) groups excluding carboxylic acids is 2. The zero-order valence-corrected chi connectivity index (χ0v) is 20.0. The Morgan fingerprint density at radius 1 is 0.882 bits per heavy atom. The highest BCUT2D eigenvalue weighted by Crippen LogP contribution is 2.44. The number of aryl methyl sites for hydroxylation is 2. The Morgan fingerprint density at radius 2 is 1.56 bits per heavy atom. The average molecular weight is 477 g/mol. The Hall–Kier alpha value is -2.86. The largest absolute Gasteiger partial charge is 0.296 e. The Labute approximate surface area is 203 Å². The number of halogens is 2. The molecule has 1 aliphatic heterocycles. The van der Waals surface area contributed by atoms with Gasteiger partial charge in [-0.05, 0) is 37.1 Å². The number of ketones is 2. The predicted octanol–water partition coefficient (Wildman–Crippen LogP) is 5.19. The van der Waals surface area contributed by atoms with E-state index in [1.807, 2.05) is 61.2 Å². The third-order valence-corrected chi connectivity index (χ3v) is 7.35. The quantitative estimate of drug-likeness (QED) is 0.486. The highest BCUT2D eigenvalue weighted by atomic mass is 35.5. The number of Topliss-reactive ketones (excluding diaryl/α,β-unsaturated/α-hetero) is 2. The van der Waals surface area contributed by atoms with Gasteiger partial charge in [0.1, 0.15) is 5.82 Å². The maximum atomic E-state index is 14.8. The molecular formula is C28H26ClFN2O2. The number of rotatable bonds is 4. The lowest BCUT2D eigenvalue weighted by Crippen LogP contribution is -2.60. The van der Waals surface area contributed by atoms with Crippen LogP contribution >= 0.6 is 11.6 Å². The van der Waals surface area contributed by atoms with Gasteiger partial charge in [-0.3, -0.25) is 19.4 Å². The smallest absolute Gasteiger partial charge is 0.199 e. The van der Waals surface area contributed by atoms with E-state index in [0.717, 1.165) is 21.7 Å².